The molecule has 5 heteroatoms. The van der Waals surface area contributed by atoms with E-state index in [9.17, 15) is 0 Å². The molecule has 0 spiro atoms. The summed E-state index contributed by atoms with van der Waals surface area (Å²) in [6.45, 7) is 0. The molecule has 0 aliphatic rings. The van der Waals surface area contributed by atoms with Crippen molar-refractivity contribution >= 4 is 53.4 Å². The van der Waals surface area contributed by atoms with Crippen molar-refractivity contribution in [2.45, 2.75) is 0 Å². The normalized spacial score (nSPS) is 13.0. The highest BCUT2D eigenvalue weighted by Gasteiger charge is 2.18. The number of aromatic nitrogens is 3. The predicted molar refractivity (Wildman–Crippen MR) is 207 cm³/mol. The standard InChI is InChI=1S/C45H27N3OS/c1-4-12-28(13-5-1)33-24-37(29-14-6-2-7-15-29)42-38(25-33)34-22-20-31(26-39(34)49-42)44-46-43(30-16-8-3-9-17-30)47-45(48-44)32-21-23-36-35-18-10-11-19-40(35)50-41(36)27-32/h1-27H/i2D,6D,7D,14D,15D. The van der Waals surface area contributed by atoms with E-state index in [1.807, 2.05) is 91.0 Å². The summed E-state index contributed by atoms with van der Waals surface area (Å²) < 4.78 is 51.6. The molecule has 0 amide bonds. The van der Waals surface area contributed by atoms with Crippen molar-refractivity contribution in [3.63, 3.8) is 0 Å². The van der Waals surface area contributed by atoms with E-state index >= 15 is 0 Å². The third-order valence-corrected chi connectivity index (χ3v) is 10.1. The lowest BCUT2D eigenvalue weighted by atomic mass is 9.95. The molecule has 0 aliphatic heterocycles. The Balaban J connectivity index is 1.18. The summed E-state index contributed by atoms with van der Waals surface area (Å²) >= 11 is 1.74. The van der Waals surface area contributed by atoms with Crippen LogP contribution in [0.3, 0.4) is 0 Å². The van der Waals surface area contributed by atoms with Gasteiger partial charge in [0, 0.05) is 53.2 Å². The molecule has 10 aromatic rings. The van der Waals surface area contributed by atoms with E-state index < -0.39 is 18.1 Å². The summed E-state index contributed by atoms with van der Waals surface area (Å²) in [5.74, 6) is 1.56. The SMILES string of the molecule is [2H]c1c([2H])c([2H])c(-c2cc(-c3ccccc3)cc3c2oc2cc(-c4nc(-c5ccccc5)nc(-c5ccc6c(c5)sc5ccccc56)n4)ccc23)c([2H])c1[2H]. The van der Waals surface area contributed by atoms with E-state index in [4.69, 9.17) is 26.2 Å². The molecule has 0 unspecified atom stereocenters. The highest BCUT2D eigenvalue weighted by molar-refractivity contribution is 7.25. The van der Waals surface area contributed by atoms with Gasteiger partial charge in [0.15, 0.2) is 17.5 Å². The van der Waals surface area contributed by atoms with Gasteiger partial charge in [-0.25, -0.2) is 15.0 Å². The van der Waals surface area contributed by atoms with Crippen LogP contribution >= 0.6 is 11.3 Å². The second kappa shape index (κ2) is 11.6. The number of fused-ring (bicyclic) bond motifs is 6. The largest absolute Gasteiger partial charge is 0.455 e. The lowest BCUT2D eigenvalue weighted by Crippen LogP contribution is -2.00. The average Bonchev–Trinajstić information content (AvgIpc) is 3.80. The van der Waals surface area contributed by atoms with Crippen molar-refractivity contribution in [1.82, 2.24) is 15.0 Å². The van der Waals surface area contributed by atoms with Gasteiger partial charge in [-0.2, -0.15) is 0 Å². The van der Waals surface area contributed by atoms with Crippen molar-refractivity contribution in [3.05, 3.63) is 164 Å². The van der Waals surface area contributed by atoms with Crippen LogP contribution < -0.4 is 0 Å². The molecule has 50 heavy (non-hydrogen) atoms. The average molecular weight is 663 g/mol. The Hall–Kier alpha value is -6.43. The number of furan rings is 1. The van der Waals surface area contributed by atoms with Crippen LogP contribution in [0.4, 0.5) is 0 Å². The smallest absolute Gasteiger partial charge is 0.164 e. The summed E-state index contributed by atoms with van der Waals surface area (Å²) in [5, 5.41) is 3.97. The lowest BCUT2D eigenvalue weighted by molar-refractivity contribution is 0.670. The van der Waals surface area contributed by atoms with E-state index in [1.165, 1.54) is 15.5 Å². The monoisotopic (exact) mass is 662 g/mol. The second-order valence-electron chi connectivity index (χ2n) is 12.1. The Kier molecular flexibility index (Phi) is 5.54. The molecule has 0 aliphatic carbocycles. The molecule has 0 saturated carbocycles. The Morgan fingerprint density at radius 3 is 1.82 bits per heavy atom. The number of thiophene rings is 1. The Bertz CT molecular complexity index is 3130. The molecule has 4 nitrogen and oxygen atoms in total. The van der Waals surface area contributed by atoms with Crippen LogP contribution in [0.5, 0.6) is 0 Å². The Labute approximate surface area is 299 Å². The molecule has 234 valence electrons. The van der Waals surface area contributed by atoms with Gasteiger partial charge in [-0.3, -0.25) is 0 Å². The van der Waals surface area contributed by atoms with Crippen molar-refractivity contribution in [1.29, 1.82) is 0 Å². The van der Waals surface area contributed by atoms with Crippen molar-refractivity contribution < 1.29 is 11.3 Å². The van der Waals surface area contributed by atoms with Gasteiger partial charge in [0.2, 0.25) is 0 Å². The summed E-state index contributed by atoms with van der Waals surface area (Å²) in [5.41, 5.74) is 5.65. The van der Waals surface area contributed by atoms with Gasteiger partial charge in [-0.05, 0) is 53.1 Å². The number of hydrogen-bond acceptors (Lipinski definition) is 5. The molecule has 0 radical (unpaired) electrons. The molecule has 0 N–H and O–H groups in total. The van der Waals surface area contributed by atoms with Crippen molar-refractivity contribution in [3.8, 4) is 56.4 Å². The zero-order valence-electron chi connectivity index (χ0n) is 31.4. The first-order valence-electron chi connectivity index (χ1n) is 18.7. The molecular formula is C45H27N3OS. The predicted octanol–water partition coefficient (Wildman–Crippen LogP) is 12.5. The molecule has 0 bridgehead atoms. The molecule has 7 aromatic carbocycles. The van der Waals surface area contributed by atoms with Gasteiger partial charge in [0.25, 0.3) is 0 Å². The van der Waals surface area contributed by atoms with Crippen LogP contribution in [-0.2, 0) is 0 Å². The van der Waals surface area contributed by atoms with Gasteiger partial charge in [-0.15, -0.1) is 11.3 Å². The van der Waals surface area contributed by atoms with Crippen LogP contribution in [0.15, 0.2) is 168 Å². The quantitative estimate of drug-likeness (QED) is 0.184. The summed E-state index contributed by atoms with van der Waals surface area (Å²) in [6.07, 6.45) is 0. The molecule has 3 aromatic heterocycles. The zero-order chi connectivity index (χ0) is 37.4. The molecule has 0 fully saturated rings. The minimum Gasteiger partial charge on any atom is -0.455 e. The Morgan fingerprint density at radius 2 is 1.06 bits per heavy atom. The maximum absolute atomic E-state index is 8.82. The molecule has 0 atom stereocenters. The van der Waals surface area contributed by atoms with E-state index in [-0.39, 0.29) is 17.6 Å². The van der Waals surface area contributed by atoms with Crippen molar-refractivity contribution in [2.75, 3.05) is 0 Å². The van der Waals surface area contributed by atoms with Crippen LogP contribution in [0.1, 0.15) is 6.85 Å². The fourth-order valence-electron chi connectivity index (χ4n) is 6.60. The maximum atomic E-state index is 8.82. The number of hydrogen-bond donors (Lipinski definition) is 0. The molecule has 3 heterocycles. The number of nitrogens with zero attached hydrogens (tertiary/aromatic N) is 3. The number of benzene rings is 7. The summed E-state index contributed by atoms with van der Waals surface area (Å²) in [4.78, 5) is 14.9. The van der Waals surface area contributed by atoms with Crippen molar-refractivity contribution in [2.24, 2.45) is 0 Å². The maximum Gasteiger partial charge on any atom is 0.164 e. The summed E-state index contributed by atoms with van der Waals surface area (Å²) in [7, 11) is 0. The number of rotatable bonds is 5. The van der Waals surface area contributed by atoms with Gasteiger partial charge in [-0.1, -0.05) is 127 Å². The van der Waals surface area contributed by atoms with Crippen LogP contribution in [0.2, 0.25) is 0 Å². The lowest BCUT2D eigenvalue weighted by Gasteiger charge is -2.08. The minimum atomic E-state index is -0.446. The first-order chi connectivity index (χ1) is 26.8. The second-order valence-corrected chi connectivity index (χ2v) is 13.1. The van der Waals surface area contributed by atoms with Gasteiger partial charge < -0.3 is 4.42 Å². The third-order valence-electron chi connectivity index (χ3n) is 9.01. The van der Waals surface area contributed by atoms with Crippen LogP contribution in [-0.4, -0.2) is 15.0 Å². The highest BCUT2D eigenvalue weighted by Crippen LogP contribution is 2.41. The van der Waals surface area contributed by atoms with Gasteiger partial charge in [0.1, 0.15) is 11.2 Å². The zero-order valence-corrected chi connectivity index (χ0v) is 27.2. The highest BCUT2D eigenvalue weighted by atomic mass is 32.1. The fraction of sp³-hybridized carbons (Fsp3) is 0. The minimum absolute atomic E-state index is 0.0817. The van der Waals surface area contributed by atoms with Crippen LogP contribution in [0, 0.1) is 0 Å². The van der Waals surface area contributed by atoms with Gasteiger partial charge in [0.05, 0.1) is 6.85 Å². The summed E-state index contributed by atoms with van der Waals surface area (Å²) in [6, 6.07) is 42.2. The van der Waals surface area contributed by atoms with E-state index in [0.29, 0.717) is 39.8 Å². The first kappa shape index (κ1) is 23.8. The molecule has 10 rings (SSSR count). The fourth-order valence-corrected chi connectivity index (χ4v) is 7.75. The molecule has 0 saturated heterocycles. The van der Waals surface area contributed by atoms with Gasteiger partial charge >= 0.3 is 0 Å². The van der Waals surface area contributed by atoms with E-state index in [0.717, 1.165) is 37.7 Å². The topological polar surface area (TPSA) is 51.8 Å². The molecular weight excluding hydrogens is 631 g/mol. The van der Waals surface area contributed by atoms with E-state index in [2.05, 4.69) is 42.5 Å². The first-order valence-corrected chi connectivity index (χ1v) is 17.0. The van der Waals surface area contributed by atoms with Crippen LogP contribution in [0.25, 0.3) is 98.5 Å². The van der Waals surface area contributed by atoms with E-state index in [1.54, 1.807) is 11.3 Å². The Morgan fingerprint density at radius 1 is 0.440 bits per heavy atom. The third kappa shape index (κ3) is 4.87.